The van der Waals surface area contributed by atoms with Crippen molar-refractivity contribution in [3.8, 4) is 5.69 Å². The molecule has 2 rings (SSSR count). The van der Waals surface area contributed by atoms with Crippen LogP contribution in [-0.4, -0.2) is 16.8 Å². The molecule has 66 valence electrons. The Balaban J connectivity index is 2.51. The van der Waals surface area contributed by atoms with Crippen molar-refractivity contribution in [3.63, 3.8) is 0 Å². The van der Waals surface area contributed by atoms with Gasteiger partial charge in [0.2, 0.25) is 0 Å². The van der Waals surface area contributed by atoms with Crippen LogP contribution in [-0.2, 0) is 0 Å². The van der Waals surface area contributed by atoms with Crippen LogP contribution in [0.15, 0.2) is 42.7 Å². The van der Waals surface area contributed by atoms with Crippen LogP contribution in [0, 0.1) is 0 Å². The Morgan fingerprint density at radius 1 is 1.23 bits per heavy atom. The van der Waals surface area contributed by atoms with E-state index < -0.39 is 0 Å². The molecule has 0 unspecified atom stereocenters. The normalized spacial score (nSPS) is 9.92. The van der Waals surface area contributed by atoms with E-state index in [-0.39, 0.29) is 0 Å². The summed E-state index contributed by atoms with van der Waals surface area (Å²) >= 11 is 0. The van der Waals surface area contributed by atoms with Crippen molar-refractivity contribution in [2.24, 2.45) is 0 Å². The molecule has 0 atom stereocenters. The minimum atomic E-state index is 1.06. The van der Waals surface area contributed by atoms with Crippen molar-refractivity contribution in [2.45, 2.75) is 0 Å². The number of rotatable bonds is 2. The van der Waals surface area contributed by atoms with Gasteiger partial charge in [0.15, 0.2) is 0 Å². The quantitative estimate of drug-likeness (QED) is 0.751. The van der Waals surface area contributed by atoms with Crippen LogP contribution in [0.3, 0.4) is 0 Å². The minimum absolute atomic E-state index is 1.06. The molecule has 0 aliphatic carbocycles. The molecule has 3 heteroatoms. The van der Waals surface area contributed by atoms with E-state index in [0.29, 0.717) is 0 Å². The Hall–Kier alpha value is -1.77. The van der Waals surface area contributed by atoms with Gasteiger partial charge in [0, 0.05) is 19.4 Å². The van der Waals surface area contributed by atoms with E-state index in [1.165, 1.54) is 0 Å². The molecule has 1 N–H and O–H groups in total. The van der Waals surface area contributed by atoms with Crippen LogP contribution >= 0.6 is 0 Å². The van der Waals surface area contributed by atoms with Gasteiger partial charge in [-0.3, -0.25) is 0 Å². The first kappa shape index (κ1) is 7.86. The summed E-state index contributed by atoms with van der Waals surface area (Å²) in [7, 11) is 1.91. The van der Waals surface area contributed by atoms with Crippen molar-refractivity contribution >= 4 is 5.69 Å². The number of para-hydroxylation sites is 2. The highest BCUT2D eigenvalue weighted by atomic mass is 15.3. The largest absolute Gasteiger partial charge is 0.386 e. The zero-order valence-corrected chi connectivity index (χ0v) is 7.44. The molecule has 0 saturated carbocycles. The number of nitrogens with zero attached hydrogens (tertiary/aromatic N) is 2. The predicted molar refractivity (Wildman–Crippen MR) is 53.1 cm³/mol. The first-order valence-electron chi connectivity index (χ1n) is 4.18. The van der Waals surface area contributed by atoms with Gasteiger partial charge < -0.3 is 5.32 Å². The molecule has 0 aliphatic rings. The summed E-state index contributed by atoms with van der Waals surface area (Å²) in [6, 6.07) is 9.96. The lowest BCUT2D eigenvalue weighted by molar-refractivity contribution is 0.882. The average Bonchev–Trinajstić information content (AvgIpc) is 2.70. The maximum absolute atomic E-state index is 4.17. The van der Waals surface area contributed by atoms with E-state index in [1.54, 1.807) is 6.20 Å². The molecule has 0 radical (unpaired) electrons. The zero-order chi connectivity index (χ0) is 9.10. The lowest BCUT2D eigenvalue weighted by Crippen LogP contribution is -1.99. The number of anilines is 1. The highest BCUT2D eigenvalue weighted by Crippen LogP contribution is 2.17. The molecule has 0 aliphatic heterocycles. The third kappa shape index (κ3) is 1.40. The van der Waals surface area contributed by atoms with Gasteiger partial charge >= 0.3 is 0 Å². The van der Waals surface area contributed by atoms with Crippen LogP contribution in [0.25, 0.3) is 5.69 Å². The molecule has 3 nitrogen and oxygen atoms in total. The summed E-state index contributed by atoms with van der Waals surface area (Å²) in [5.41, 5.74) is 2.14. The molecule has 0 spiro atoms. The highest BCUT2D eigenvalue weighted by molar-refractivity contribution is 5.59. The maximum Gasteiger partial charge on any atom is 0.0876 e. The Labute approximate surface area is 77.0 Å². The molecular formula is C10H11N3. The van der Waals surface area contributed by atoms with Crippen LogP contribution in [0.2, 0.25) is 0 Å². The summed E-state index contributed by atoms with van der Waals surface area (Å²) in [5.74, 6) is 0. The summed E-state index contributed by atoms with van der Waals surface area (Å²) in [6.45, 7) is 0. The minimum Gasteiger partial charge on any atom is -0.386 e. The average molecular weight is 173 g/mol. The summed E-state index contributed by atoms with van der Waals surface area (Å²) in [5, 5.41) is 7.29. The van der Waals surface area contributed by atoms with E-state index in [2.05, 4.69) is 10.4 Å². The van der Waals surface area contributed by atoms with Gasteiger partial charge in [-0.1, -0.05) is 12.1 Å². The monoisotopic (exact) mass is 173 g/mol. The van der Waals surface area contributed by atoms with Crippen LogP contribution in [0.1, 0.15) is 0 Å². The van der Waals surface area contributed by atoms with Crippen molar-refractivity contribution in [1.29, 1.82) is 0 Å². The van der Waals surface area contributed by atoms with E-state index in [9.17, 15) is 0 Å². The topological polar surface area (TPSA) is 29.9 Å². The van der Waals surface area contributed by atoms with Gasteiger partial charge in [-0.25, -0.2) is 4.68 Å². The van der Waals surface area contributed by atoms with E-state index in [1.807, 2.05) is 48.3 Å². The second-order valence-electron chi connectivity index (χ2n) is 2.72. The first-order chi connectivity index (χ1) is 6.42. The van der Waals surface area contributed by atoms with Gasteiger partial charge in [0.1, 0.15) is 0 Å². The number of hydrogen-bond acceptors (Lipinski definition) is 2. The van der Waals surface area contributed by atoms with Crippen LogP contribution < -0.4 is 5.32 Å². The second kappa shape index (κ2) is 3.31. The molecule has 0 fully saturated rings. The lowest BCUT2D eigenvalue weighted by atomic mass is 10.2. The fraction of sp³-hybridized carbons (Fsp3) is 0.100. The SMILES string of the molecule is CNc1ccccc1-n1cccn1. The van der Waals surface area contributed by atoms with E-state index in [4.69, 9.17) is 0 Å². The summed E-state index contributed by atoms with van der Waals surface area (Å²) < 4.78 is 1.84. The fourth-order valence-corrected chi connectivity index (χ4v) is 1.30. The number of hydrogen-bond donors (Lipinski definition) is 1. The van der Waals surface area contributed by atoms with Crippen molar-refractivity contribution in [3.05, 3.63) is 42.7 Å². The Morgan fingerprint density at radius 2 is 2.08 bits per heavy atom. The van der Waals surface area contributed by atoms with Crippen molar-refractivity contribution in [1.82, 2.24) is 9.78 Å². The third-order valence-electron chi connectivity index (χ3n) is 1.92. The summed E-state index contributed by atoms with van der Waals surface area (Å²) in [6.07, 6.45) is 3.70. The molecule has 2 aromatic rings. The smallest absolute Gasteiger partial charge is 0.0876 e. The predicted octanol–water partition coefficient (Wildman–Crippen LogP) is 1.91. The molecule has 0 amide bonds. The van der Waals surface area contributed by atoms with Crippen LogP contribution in [0.4, 0.5) is 5.69 Å². The Bertz CT molecular complexity index is 379. The summed E-state index contributed by atoms with van der Waals surface area (Å²) in [4.78, 5) is 0. The Morgan fingerprint density at radius 3 is 2.77 bits per heavy atom. The zero-order valence-electron chi connectivity index (χ0n) is 7.44. The number of nitrogens with one attached hydrogen (secondary N) is 1. The van der Waals surface area contributed by atoms with Gasteiger partial charge in [0.05, 0.1) is 11.4 Å². The first-order valence-corrected chi connectivity index (χ1v) is 4.18. The molecule has 0 saturated heterocycles. The van der Waals surface area contributed by atoms with Crippen molar-refractivity contribution in [2.75, 3.05) is 12.4 Å². The van der Waals surface area contributed by atoms with Gasteiger partial charge in [0.25, 0.3) is 0 Å². The Kier molecular flexibility index (Phi) is 2.00. The number of aromatic nitrogens is 2. The van der Waals surface area contributed by atoms with Gasteiger partial charge in [-0.15, -0.1) is 0 Å². The fourth-order valence-electron chi connectivity index (χ4n) is 1.30. The lowest BCUT2D eigenvalue weighted by Gasteiger charge is -2.07. The number of benzene rings is 1. The van der Waals surface area contributed by atoms with E-state index >= 15 is 0 Å². The highest BCUT2D eigenvalue weighted by Gasteiger charge is 2.00. The maximum atomic E-state index is 4.17. The van der Waals surface area contributed by atoms with Gasteiger partial charge in [-0.2, -0.15) is 5.10 Å². The van der Waals surface area contributed by atoms with E-state index in [0.717, 1.165) is 11.4 Å². The molecular weight excluding hydrogens is 162 g/mol. The molecule has 0 bridgehead atoms. The van der Waals surface area contributed by atoms with Crippen molar-refractivity contribution < 1.29 is 0 Å². The molecule has 1 aromatic carbocycles. The van der Waals surface area contributed by atoms with Crippen LogP contribution in [0.5, 0.6) is 0 Å². The third-order valence-corrected chi connectivity index (χ3v) is 1.92. The van der Waals surface area contributed by atoms with Gasteiger partial charge in [-0.05, 0) is 18.2 Å². The second-order valence-corrected chi connectivity index (χ2v) is 2.72. The molecule has 1 aromatic heterocycles. The molecule has 1 heterocycles. The standard InChI is InChI=1S/C10H11N3/c1-11-9-5-2-3-6-10(9)13-8-4-7-12-13/h2-8,11H,1H3. The molecule has 13 heavy (non-hydrogen) atoms.